The molecule has 0 saturated heterocycles. The average molecular weight is 302 g/mol. The van der Waals surface area contributed by atoms with Crippen LogP contribution in [0.4, 0.5) is 0 Å². The molecule has 0 aromatic carbocycles. The molecule has 0 aromatic heterocycles. The van der Waals surface area contributed by atoms with Crippen LogP contribution >= 0.6 is 12.6 Å². The Hall–Kier alpha value is -0.0262. The predicted molar refractivity (Wildman–Crippen MR) is 88.9 cm³/mol. The van der Waals surface area contributed by atoms with Crippen LogP contribution in [0.1, 0.15) is 13.3 Å². The van der Waals surface area contributed by atoms with Crippen LogP contribution in [0.5, 0.6) is 0 Å². The van der Waals surface area contributed by atoms with Crippen molar-refractivity contribution in [1.82, 2.24) is 4.23 Å². The highest BCUT2D eigenvalue weighted by Crippen LogP contribution is 2.28. The number of rotatable bonds is 6. The molecule has 0 aliphatic carbocycles. The lowest BCUT2D eigenvalue weighted by atomic mass is 10.00. The van der Waals surface area contributed by atoms with Gasteiger partial charge in [0.1, 0.15) is 16.5 Å². The van der Waals surface area contributed by atoms with E-state index in [0.29, 0.717) is 0 Å². The zero-order valence-corrected chi connectivity index (χ0v) is 15.6. The van der Waals surface area contributed by atoms with Crippen molar-refractivity contribution in [2.24, 2.45) is 5.92 Å². The Morgan fingerprint density at radius 1 is 1.22 bits per heavy atom. The summed E-state index contributed by atoms with van der Waals surface area (Å²) in [6, 6.07) is -0.0988. The van der Waals surface area contributed by atoms with Gasteiger partial charge in [0.2, 0.25) is 0 Å². The molecule has 0 fully saturated rings. The SMILES string of the molecule is C#CC(C(CC)C(=O)S)N([Si](C)(C)C)[Si](C)(C)C. The highest BCUT2D eigenvalue weighted by molar-refractivity contribution is 7.96. The summed E-state index contributed by atoms with van der Waals surface area (Å²) in [7, 11) is -3.13. The molecule has 0 heterocycles. The minimum Gasteiger partial charge on any atom is -0.332 e. The Morgan fingerprint density at radius 3 is 1.78 bits per heavy atom. The van der Waals surface area contributed by atoms with Gasteiger partial charge in [-0.05, 0) is 6.42 Å². The first-order valence-electron chi connectivity index (χ1n) is 6.45. The highest BCUT2D eigenvalue weighted by Gasteiger charge is 2.42. The monoisotopic (exact) mass is 301 g/mol. The van der Waals surface area contributed by atoms with Gasteiger partial charge in [-0.25, -0.2) is 0 Å². The zero-order valence-electron chi connectivity index (χ0n) is 12.7. The van der Waals surface area contributed by atoms with Gasteiger partial charge >= 0.3 is 0 Å². The summed E-state index contributed by atoms with van der Waals surface area (Å²) >= 11 is 4.02. The highest BCUT2D eigenvalue weighted by atomic mass is 32.1. The van der Waals surface area contributed by atoms with Gasteiger partial charge < -0.3 is 4.23 Å². The molecule has 0 aliphatic rings. The maximum Gasteiger partial charge on any atom is 0.191 e. The molecule has 0 aromatic rings. The lowest BCUT2D eigenvalue weighted by molar-refractivity contribution is -0.114. The van der Waals surface area contributed by atoms with Gasteiger partial charge in [0.15, 0.2) is 5.12 Å². The lowest BCUT2D eigenvalue weighted by Gasteiger charge is -2.48. The van der Waals surface area contributed by atoms with Gasteiger partial charge in [0, 0.05) is 0 Å². The molecule has 104 valence electrons. The van der Waals surface area contributed by atoms with Crippen LogP contribution < -0.4 is 0 Å². The molecule has 0 radical (unpaired) electrons. The summed E-state index contributed by atoms with van der Waals surface area (Å²) in [5.74, 6) is 2.72. The van der Waals surface area contributed by atoms with E-state index in [-0.39, 0.29) is 17.1 Å². The van der Waals surface area contributed by atoms with E-state index >= 15 is 0 Å². The number of hydrogen-bond donors (Lipinski definition) is 1. The van der Waals surface area contributed by atoms with Crippen LogP contribution in [-0.4, -0.2) is 31.9 Å². The lowest BCUT2D eigenvalue weighted by Crippen LogP contribution is -2.65. The van der Waals surface area contributed by atoms with E-state index in [1.807, 2.05) is 6.92 Å². The zero-order chi connectivity index (χ0) is 14.7. The van der Waals surface area contributed by atoms with Crippen molar-refractivity contribution in [3.05, 3.63) is 0 Å². The molecule has 0 spiro atoms. The van der Waals surface area contributed by atoms with E-state index in [4.69, 9.17) is 6.42 Å². The number of hydrogen-bond acceptors (Lipinski definition) is 2. The van der Waals surface area contributed by atoms with Crippen molar-refractivity contribution in [1.29, 1.82) is 0 Å². The fraction of sp³-hybridized carbons (Fsp3) is 0.769. The molecule has 2 atom stereocenters. The van der Waals surface area contributed by atoms with Crippen molar-refractivity contribution in [3.8, 4) is 12.3 Å². The molecular weight excluding hydrogens is 274 g/mol. The third-order valence-corrected chi connectivity index (χ3v) is 10.8. The summed E-state index contributed by atoms with van der Waals surface area (Å²) in [5.41, 5.74) is 0. The molecule has 0 bridgehead atoms. The van der Waals surface area contributed by atoms with Crippen molar-refractivity contribution in [2.75, 3.05) is 0 Å². The van der Waals surface area contributed by atoms with E-state index < -0.39 is 16.5 Å². The normalized spacial score (nSPS) is 16.2. The summed E-state index contributed by atoms with van der Waals surface area (Å²) in [5, 5.41) is -0.0815. The van der Waals surface area contributed by atoms with Crippen LogP contribution in [0.3, 0.4) is 0 Å². The van der Waals surface area contributed by atoms with Crippen LogP contribution in [0.2, 0.25) is 39.3 Å². The quantitative estimate of drug-likeness (QED) is 0.461. The van der Waals surface area contributed by atoms with E-state index in [0.717, 1.165) is 6.42 Å². The van der Waals surface area contributed by atoms with Gasteiger partial charge in [-0.15, -0.1) is 19.1 Å². The first-order valence-corrected chi connectivity index (χ1v) is 13.8. The topological polar surface area (TPSA) is 20.3 Å². The standard InChI is InChI=1S/C13H27NOSSi2/c1-9-11(13(15)16)12(10-2)14(17(3,4)5)18(6,7)8/h2,11-12H,9H2,1,3-8H3,(H,15,16). The molecular formula is C13H27NOSSi2. The third-order valence-electron chi connectivity index (χ3n) is 3.03. The Bertz CT molecular complexity index is 324. The molecule has 0 N–H and O–H groups in total. The van der Waals surface area contributed by atoms with Crippen LogP contribution in [0.25, 0.3) is 0 Å². The van der Waals surface area contributed by atoms with E-state index in [9.17, 15) is 4.79 Å². The minimum atomic E-state index is -1.56. The van der Waals surface area contributed by atoms with Gasteiger partial charge in [-0.2, -0.15) is 0 Å². The second kappa shape index (κ2) is 6.42. The second-order valence-electron chi connectivity index (χ2n) is 6.68. The summed E-state index contributed by atoms with van der Waals surface area (Å²) in [6.07, 6.45) is 6.50. The molecule has 2 unspecified atom stereocenters. The number of thiol groups is 1. The van der Waals surface area contributed by atoms with Crippen LogP contribution in [0, 0.1) is 18.3 Å². The molecule has 0 saturated carbocycles. The van der Waals surface area contributed by atoms with Gasteiger partial charge in [-0.1, -0.05) is 52.1 Å². The summed E-state index contributed by atoms with van der Waals surface area (Å²) in [6.45, 7) is 15.8. The molecule has 0 aliphatic heterocycles. The number of carbonyl (C=O) groups is 1. The van der Waals surface area contributed by atoms with Crippen LogP contribution in [0.15, 0.2) is 0 Å². The summed E-state index contributed by atoms with van der Waals surface area (Å²) < 4.78 is 2.52. The van der Waals surface area contributed by atoms with Crippen molar-refractivity contribution in [2.45, 2.75) is 58.7 Å². The van der Waals surface area contributed by atoms with E-state index in [1.165, 1.54) is 0 Å². The number of carbonyl (C=O) groups excluding carboxylic acids is 1. The second-order valence-corrected chi connectivity index (χ2v) is 17.2. The molecule has 0 amide bonds. The van der Waals surface area contributed by atoms with Crippen molar-refractivity contribution in [3.63, 3.8) is 0 Å². The minimum absolute atomic E-state index is 0.0815. The summed E-state index contributed by atoms with van der Waals surface area (Å²) in [4.78, 5) is 11.7. The maximum absolute atomic E-state index is 11.7. The fourth-order valence-electron chi connectivity index (χ4n) is 2.74. The first-order chi connectivity index (χ1) is 7.96. The van der Waals surface area contributed by atoms with Gasteiger partial charge in [0.05, 0.1) is 12.0 Å². The van der Waals surface area contributed by atoms with Gasteiger partial charge in [-0.3, -0.25) is 4.79 Å². The fourth-order valence-corrected chi connectivity index (χ4v) is 13.3. The third kappa shape index (κ3) is 4.58. The predicted octanol–water partition coefficient (Wildman–Crippen LogP) is 3.44. The Kier molecular flexibility index (Phi) is 6.41. The van der Waals surface area contributed by atoms with Crippen molar-refractivity contribution < 1.29 is 4.79 Å². The Balaban J connectivity index is 5.59. The molecule has 5 heteroatoms. The largest absolute Gasteiger partial charge is 0.332 e. The first kappa shape index (κ1) is 18.0. The van der Waals surface area contributed by atoms with Crippen LogP contribution in [-0.2, 0) is 4.79 Å². The Morgan fingerprint density at radius 2 is 1.61 bits per heavy atom. The van der Waals surface area contributed by atoms with Gasteiger partial charge in [0.25, 0.3) is 0 Å². The maximum atomic E-state index is 11.7. The molecule has 0 rings (SSSR count). The number of nitrogens with zero attached hydrogens (tertiary/aromatic N) is 1. The molecule has 18 heavy (non-hydrogen) atoms. The Labute approximate surface area is 120 Å². The number of terminal acetylenes is 1. The van der Waals surface area contributed by atoms with Crippen molar-refractivity contribution >= 4 is 34.2 Å². The smallest absolute Gasteiger partial charge is 0.191 e. The average Bonchev–Trinajstić information content (AvgIpc) is 2.12. The van der Waals surface area contributed by atoms with E-state index in [2.05, 4.69) is 62.1 Å². The van der Waals surface area contributed by atoms with E-state index in [1.54, 1.807) is 0 Å². The molecule has 2 nitrogen and oxygen atoms in total.